The molecule has 3 N–H and O–H groups in total. The maximum Gasteiger partial charge on any atom is 0.337 e. The van der Waals surface area contributed by atoms with Gasteiger partial charge in [0.1, 0.15) is 5.76 Å². The van der Waals surface area contributed by atoms with Gasteiger partial charge in [0.15, 0.2) is 0 Å². The molecular formula is C30H32Cl2N4O3. The molecular weight excluding hydrogens is 535 g/mol. The minimum atomic E-state index is -0.909. The van der Waals surface area contributed by atoms with Crippen molar-refractivity contribution >= 4 is 51.5 Å². The highest BCUT2D eigenvalue weighted by molar-refractivity contribution is 6.41. The lowest BCUT2D eigenvalue weighted by Crippen LogP contribution is -2.54. The van der Waals surface area contributed by atoms with Crippen LogP contribution in [0, 0.1) is 11.3 Å². The van der Waals surface area contributed by atoms with Gasteiger partial charge in [0, 0.05) is 73.1 Å². The lowest BCUT2D eigenvalue weighted by Gasteiger charge is -2.42. The van der Waals surface area contributed by atoms with Crippen LogP contribution >= 0.6 is 23.2 Å². The van der Waals surface area contributed by atoms with Gasteiger partial charge in [-0.2, -0.15) is 0 Å². The summed E-state index contributed by atoms with van der Waals surface area (Å²) in [7, 11) is 1.89. The van der Waals surface area contributed by atoms with Gasteiger partial charge in [0.05, 0.1) is 26.8 Å². The van der Waals surface area contributed by atoms with Gasteiger partial charge in [-0.1, -0.05) is 29.3 Å². The zero-order valence-corrected chi connectivity index (χ0v) is 23.3. The highest BCUT2D eigenvalue weighted by Crippen LogP contribution is 2.40. The Hall–Kier alpha value is -3.00. The molecule has 2 bridgehead atoms. The van der Waals surface area contributed by atoms with Crippen molar-refractivity contribution in [1.82, 2.24) is 9.47 Å². The van der Waals surface area contributed by atoms with E-state index in [1.165, 1.54) is 0 Å². The van der Waals surface area contributed by atoms with E-state index in [2.05, 4.69) is 21.9 Å². The van der Waals surface area contributed by atoms with E-state index in [9.17, 15) is 15.0 Å². The highest BCUT2D eigenvalue weighted by atomic mass is 35.5. The van der Waals surface area contributed by atoms with Crippen molar-refractivity contribution in [3.63, 3.8) is 0 Å². The summed E-state index contributed by atoms with van der Waals surface area (Å²) in [4.78, 5) is 16.6. The number of likely N-dealkylation sites (tertiary alicyclic amines) is 1. The van der Waals surface area contributed by atoms with Crippen LogP contribution in [0.15, 0.2) is 53.9 Å². The van der Waals surface area contributed by atoms with Crippen LogP contribution in [0.3, 0.4) is 0 Å². The van der Waals surface area contributed by atoms with Crippen molar-refractivity contribution in [2.24, 2.45) is 13.0 Å². The fourth-order valence-corrected chi connectivity index (χ4v) is 7.03. The average Bonchev–Trinajstić information content (AvgIpc) is 3.65. The first kappa shape index (κ1) is 26.2. The maximum absolute atomic E-state index is 11.6. The summed E-state index contributed by atoms with van der Waals surface area (Å²) in [6, 6.07) is 12.1. The third-order valence-corrected chi connectivity index (χ3v) is 9.16. The van der Waals surface area contributed by atoms with Crippen molar-refractivity contribution in [2.45, 2.75) is 44.2 Å². The quantitative estimate of drug-likeness (QED) is 0.213. The number of nitrogens with one attached hydrogen (secondary N) is 1. The first-order valence-electron chi connectivity index (χ1n) is 13.5. The second kappa shape index (κ2) is 10.2. The number of allylic oxidation sites excluding steroid dienone is 1. The van der Waals surface area contributed by atoms with Gasteiger partial charge in [-0.15, -0.1) is 0 Å². The van der Waals surface area contributed by atoms with Gasteiger partial charge in [-0.25, -0.2) is 4.79 Å². The van der Waals surface area contributed by atoms with E-state index in [4.69, 9.17) is 28.6 Å². The second-order valence-corrected chi connectivity index (χ2v) is 11.9. The first-order valence-corrected chi connectivity index (χ1v) is 14.3. The SMILES string of the molecule is Cn1cc(C(=O)O)c2ccc(N3C4CCC3CN(CC/C(C(=N)c3c(Cl)cccc3Cl)=C(/O)C3CC3)C4)cc21. The van der Waals surface area contributed by atoms with Gasteiger partial charge in [-0.3, -0.25) is 10.3 Å². The average molecular weight is 568 g/mol. The summed E-state index contributed by atoms with van der Waals surface area (Å²) in [6.07, 6.45) is 6.35. The number of rotatable bonds is 8. The summed E-state index contributed by atoms with van der Waals surface area (Å²) < 4.78 is 1.89. The van der Waals surface area contributed by atoms with Crippen LogP contribution in [-0.2, 0) is 7.05 Å². The largest absolute Gasteiger partial charge is 0.512 e. The Morgan fingerprint density at radius 3 is 2.31 bits per heavy atom. The molecule has 2 aromatic carbocycles. The number of aryl methyl sites for hydroxylation is 1. The molecule has 7 nitrogen and oxygen atoms in total. The number of halogens is 2. The number of carboxylic acids is 1. The highest BCUT2D eigenvalue weighted by Gasteiger charge is 2.40. The number of nitrogens with zero attached hydrogens (tertiary/aromatic N) is 3. The topological polar surface area (TPSA) is 92.8 Å². The number of aromatic carboxylic acids is 1. The number of anilines is 1. The van der Waals surface area contributed by atoms with E-state index in [0.29, 0.717) is 51.0 Å². The smallest absolute Gasteiger partial charge is 0.337 e. The number of hydrogen-bond donors (Lipinski definition) is 3. The van der Waals surface area contributed by atoms with E-state index in [1.54, 1.807) is 24.4 Å². The molecule has 204 valence electrons. The number of carboxylic acid groups (broad SMARTS) is 1. The maximum atomic E-state index is 11.6. The van der Waals surface area contributed by atoms with Crippen molar-refractivity contribution in [2.75, 3.05) is 24.5 Å². The molecule has 3 aromatic rings. The molecule has 0 amide bonds. The second-order valence-electron chi connectivity index (χ2n) is 11.1. The van der Waals surface area contributed by atoms with Crippen LogP contribution < -0.4 is 4.90 Å². The third-order valence-electron chi connectivity index (χ3n) is 8.53. The fraction of sp³-hybridized carbons (Fsp3) is 0.400. The molecule has 6 rings (SSSR count). The number of hydrogen-bond acceptors (Lipinski definition) is 5. The van der Waals surface area contributed by atoms with Crippen molar-refractivity contribution in [3.8, 4) is 0 Å². The molecule has 2 aliphatic heterocycles. The van der Waals surface area contributed by atoms with Gasteiger partial charge >= 0.3 is 5.97 Å². The minimum absolute atomic E-state index is 0.128. The standard InChI is InChI=1S/C30H32Cl2N4O3/c1-34-16-23(30(38)39)21-10-9-18(13-26(21)34)36-19-7-8-20(36)15-35(14-19)12-11-22(29(37)17-5-6-17)28(33)27-24(31)3-2-4-25(27)32/h2-4,9-10,13,16-17,19-20,33,37H,5-8,11-12,14-15H2,1H3,(H,38,39)/b29-22-,33-28?. The molecule has 0 spiro atoms. The Bertz CT molecular complexity index is 1480. The molecule has 1 aromatic heterocycles. The molecule has 2 saturated heterocycles. The van der Waals surface area contributed by atoms with Crippen LogP contribution in [0.5, 0.6) is 0 Å². The molecule has 9 heteroatoms. The van der Waals surface area contributed by atoms with Crippen molar-refractivity contribution in [1.29, 1.82) is 5.41 Å². The molecule has 2 unspecified atom stereocenters. The molecule has 1 saturated carbocycles. The molecule has 3 heterocycles. The summed E-state index contributed by atoms with van der Waals surface area (Å²) in [6.45, 7) is 2.55. The van der Waals surface area contributed by atoms with Gasteiger partial charge in [0.2, 0.25) is 0 Å². The fourth-order valence-electron chi connectivity index (χ4n) is 6.44. The summed E-state index contributed by atoms with van der Waals surface area (Å²) >= 11 is 12.8. The number of aliphatic hydroxyl groups is 1. The number of piperazine rings is 1. The zero-order valence-electron chi connectivity index (χ0n) is 21.8. The van der Waals surface area contributed by atoms with Crippen LogP contribution in [0.2, 0.25) is 10.0 Å². The Kier molecular flexibility index (Phi) is 6.86. The monoisotopic (exact) mass is 566 g/mol. The summed E-state index contributed by atoms with van der Waals surface area (Å²) in [5.41, 5.74) is 3.73. The zero-order chi connectivity index (χ0) is 27.4. The van der Waals surface area contributed by atoms with E-state index in [1.807, 2.05) is 17.7 Å². The van der Waals surface area contributed by atoms with Crippen LogP contribution in [-0.4, -0.2) is 63.1 Å². The number of aromatic nitrogens is 1. The predicted octanol–water partition coefficient (Wildman–Crippen LogP) is 6.52. The molecule has 39 heavy (non-hydrogen) atoms. The van der Waals surface area contributed by atoms with E-state index >= 15 is 0 Å². The first-order chi connectivity index (χ1) is 18.7. The van der Waals surface area contributed by atoms with Crippen LogP contribution in [0.1, 0.15) is 48.0 Å². The minimum Gasteiger partial charge on any atom is -0.512 e. The summed E-state index contributed by atoms with van der Waals surface area (Å²) in [5, 5.41) is 31.1. The molecule has 2 atom stereocenters. The van der Waals surface area contributed by atoms with Gasteiger partial charge < -0.3 is 19.7 Å². The number of carbonyl (C=O) groups is 1. The Morgan fingerprint density at radius 1 is 1.03 bits per heavy atom. The molecule has 0 radical (unpaired) electrons. The number of benzene rings is 2. The van der Waals surface area contributed by atoms with E-state index < -0.39 is 5.97 Å². The van der Waals surface area contributed by atoms with E-state index in [-0.39, 0.29) is 11.6 Å². The van der Waals surface area contributed by atoms with Gasteiger partial charge in [0.25, 0.3) is 0 Å². The Labute approximate surface area is 237 Å². The van der Waals surface area contributed by atoms with Crippen LogP contribution in [0.4, 0.5) is 5.69 Å². The number of fused-ring (bicyclic) bond motifs is 3. The summed E-state index contributed by atoms with van der Waals surface area (Å²) in [5.74, 6) is -0.467. The normalized spacial score (nSPS) is 21.9. The molecule has 3 fully saturated rings. The Morgan fingerprint density at radius 2 is 1.69 bits per heavy atom. The predicted molar refractivity (Wildman–Crippen MR) is 156 cm³/mol. The van der Waals surface area contributed by atoms with Crippen molar-refractivity contribution in [3.05, 3.63) is 75.1 Å². The van der Waals surface area contributed by atoms with Crippen molar-refractivity contribution < 1.29 is 15.0 Å². The van der Waals surface area contributed by atoms with Gasteiger partial charge in [-0.05, 0) is 62.4 Å². The molecule has 3 aliphatic rings. The lowest BCUT2D eigenvalue weighted by atomic mass is 9.96. The Balaban J connectivity index is 1.19. The number of aliphatic hydroxyl groups excluding tert-OH is 1. The van der Waals surface area contributed by atoms with E-state index in [0.717, 1.165) is 61.9 Å². The molecule has 1 aliphatic carbocycles. The lowest BCUT2D eigenvalue weighted by molar-refractivity contribution is 0.0699. The third kappa shape index (κ3) is 4.81. The van der Waals surface area contributed by atoms with Crippen LogP contribution in [0.25, 0.3) is 10.9 Å².